The van der Waals surface area contributed by atoms with Gasteiger partial charge in [0.25, 0.3) is 0 Å². The number of benzene rings is 1. The minimum absolute atomic E-state index is 0.0292. The monoisotopic (exact) mass is 474 g/mol. The Morgan fingerprint density at radius 2 is 1.91 bits per heavy atom. The number of aryl methyl sites for hydroxylation is 1. The van der Waals surface area contributed by atoms with E-state index in [1.54, 1.807) is 36.8 Å². The molecule has 1 aromatic carbocycles. The second kappa shape index (κ2) is 10.8. The first-order chi connectivity index (χ1) is 16.9. The van der Waals surface area contributed by atoms with Crippen LogP contribution in [0.15, 0.2) is 67.4 Å². The van der Waals surface area contributed by atoms with Crippen molar-refractivity contribution in [3.63, 3.8) is 0 Å². The van der Waals surface area contributed by atoms with Crippen molar-refractivity contribution in [3.8, 4) is 22.8 Å². The van der Waals surface area contributed by atoms with Gasteiger partial charge in [0.15, 0.2) is 0 Å². The van der Waals surface area contributed by atoms with Crippen LogP contribution in [0.4, 0.5) is 20.6 Å². The Kier molecular flexibility index (Phi) is 7.35. The number of nitrogens with one attached hydrogen (secondary N) is 2. The molecule has 3 heterocycles. The van der Waals surface area contributed by atoms with Crippen LogP contribution in [-0.4, -0.2) is 25.8 Å². The van der Waals surface area contributed by atoms with E-state index in [1.165, 1.54) is 18.3 Å². The third kappa shape index (κ3) is 6.20. The van der Waals surface area contributed by atoms with E-state index in [4.69, 9.17) is 4.74 Å². The van der Waals surface area contributed by atoms with Crippen LogP contribution < -0.4 is 15.4 Å². The van der Waals surface area contributed by atoms with Crippen molar-refractivity contribution in [2.75, 3.05) is 10.6 Å². The summed E-state index contributed by atoms with van der Waals surface area (Å²) in [6, 6.07) is 8.98. The molecule has 4 rings (SSSR count). The zero-order chi connectivity index (χ0) is 24.8. The average Bonchev–Trinajstić information content (AvgIpc) is 3.30. The molecule has 0 aliphatic heterocycles. The van der Waals surface area contributed by atoms with Gasteiger partial charge in [-0.15, -0.1) is 0 Å². The number of carbonyl (C=O) groups is 1. The van der Waals surface area contributed by atoms with Crippen molar-refractivity contribution in [1.82, 2.24) is 19.7 Å². The molecule has 0 fully saturated rings. The van der Waals surface area contributed by atoms with Gasteiger partial charge in [0, 0.05) is 42.8 Å². The molecule has 0 saturated heterocycles. The molecule has 0 unspecified atom stereocenters. The summed E-state index contributed by atoms with van der Waals surface area (Å²) >= 11 is 0. The highest BCUT2D eigenvalue weighted by molar-refractivity contribution is 5.99. The van der Waals surface area contributed by atoms with Crippen molar-refractivity contribution < 1.29 is 13.9 Å². The molecule has 4 aromatic rings. The molecule has 9 heteroatoms. The second-order valence-corrected chi connectivity index (χ2v) is 8.35. The van der Waals surface area contributed by atoms with Crippen LogP contribution >= 0.6 is 0 Å². The Morgan fingerprint density at radius 3 is 2.69 bits per heavy atom. The highest BCUT2D eigenvalue weighted by Crippen LogP contribution is 2.28. The fourth-order valence-electron chi connectivity index (χ4n) is 3.40. The minimum atomic E-state index is -0.623. The summed E-state index contributed by atoms with van der Waals surface area (Å²) in [6.07, 6.45) is 9.58. The highest BCUT2D eigenvalue weighted by Gasteiger charge is 2.11. The molecule has 3 aromatic heterocycles. The van der Waals surface area contributed by atoms with E-state index in [0.29, 0.717) is 22.9 Å². The Balaban J connectivity index is 1.41. The van der Waals surface area contributed by atoms with E-state index in [0.717, 1.165) is 24.1 Å². The number of amides is 2. The Bertz CT molecular complexity index is 1320. The van der Waals surface area contributed by atoms with Gasteiger partial charge >= 0.3 is 6.03 Å². The summed E-state index contributed by atoms with van der Waals surface area (Å²) in [4.78, 5) is 20.8. The zero-order valence-electron chi connectivity index (χ0n) is 19.8. The van der Waals surface area contributed by atoms with Gasteiger partial charge in [0.05, 0.1) is 29.5 Å². The SMILES string of the molecule is CCCn1cc(-c2cc(Oc3ccc(NC(=O)Nc4cncc(C(C)C)c4)c(F)c3)ccn2)cn1. The number of aromatic nitrogens is 4. The van der Waals surface area contributed by atoms with Crippen molar-refractivity contribution in [2.24, 2.45) is 0 Å². The molecule has 0 atom stereocenters. The van der Waals surface area contributed by atoms with E-state index < -0.39 is 11.8 Å². The minimum Gasteiger partial charge on any atom is -0.457 e. The summed E-state index contributed by atoms with van der Waals surface area (Å²) in [6.45, 7) is 6.99. The summed E-state index contributed by atoms with van der Waals surface area (Å²) in [5.41, 5.74) is 3.12. The van der Waals surface area contributed by atoms with Crippen LogP contribution in [0.1, 0.15) is 38.7 Å². The van der Waals surface area contributed by atoms with Crippen molar-refractivity contribution in [1.29, 1.82) is 0 Å². The summed E-state index contributed by atoms with van der Waals surface area (Å²) < 4.78 is 22.4. The van der Waals surface area contributed by atoms with Gasteiger partial charge in [-0.25, -0.2) is 9.18 Å². The predicted octanol–water partition coefficient (Wildman–Crippen LogP) is 6.45. The number of hydrogen-bond donors (Lipinski definition) is 2. The number of rotatable bonds is 8. The molecule has 180 valence electrons. The number of anilines is 2. The topological polar surface area (TPSA) is 94.0 Å². The summed E-state index contributed by atoms with van der Waals surface area (Å²) in [7, 11) is 0. The van der Waals surface area contributed by atoms with Crippen LogP contribution in [0.5, 0.6) is 11.5 Å². The van der Waals surface area contributed by atoms with Crippen LogP contribution in [-0.2, 0) is 6.54 Å². The Hall–Kier alpha value is -4.27. The first-order valence-electron chi connectivity index (χ1n) is 11.4. The lowest BCUT2D eigenvalue weighted by atomic mass is 10.1. The number of pyridine rings is 2. The molecule has 0 aliphatic rings. The first-order valence-corrected chi connectivity index (χ1v) is 11.4. The lowest BCUT2D eigenvalue weighted by molar-refractivity contribution is 0.262. The fraction of sp³-hybridized carbons (Fsp3) is 0.231. The third-order valence-corrected chi connectivity index (χ3v) is 5.22. The standard InChI is InChI=1S/C26H27FN6O2/c1-4-9-33-16-19(14-30-33)25-12-22(7-8-29-25)35-21-5-6-24(23(27)11-21)32-26(34)31-20-10-18(17(2)3)13-28-15-20/h5-8,10-17H,4,9H2,1-3H3,(H2,31,32,34). The molecule has 0 radical (unpaired) electrons. The van der Waals surface area contributed by atoms with Gasteiger partial charge in [0.2, 0.25) is 0 Å². The lowest BCUT2D eigenvalue weighted by Crippen LogP contribution is -2.20. The van der Waals surface area contributed by atoms with E-state index in [9.17, 15) is 9.18 Å². The fourth-order valence-corrected chi connectivity index (χ4v) is 3.40. The van der Waals surface area contributed by atoms with E-state index >= 15 is 0 Å². The average molecular weight is 475 g/mol. The predicted molar refractivity (Wildman–Crippen MR) is 133 cm³/mol. The quantitative estimate of drug-likeness (QED) is 0.306. The maximum absolute atomic E-state index is 14.7. The molecule has 2 amide bonds. The van der Waals surface area contributed by atoms with E-state index in [1.807, 2.05) is 30.8 Å². The van der Waals surface area contributed by atoms with Gasteiger partial charge in [-0.05, 0) is 42.2 Å². The van der Waals surface area contributed by atoms with Crippen LogP contribution in [0.25, 0.3) is 11.3 Å². The van der Waals surface area contributed by atoms with Gasteiger partial charge in [-0.2, -0.15) is 5.10 Å². The Morgan fingerprint density at radius 1 is 1.09 bits per heavy atom. The molecular formula is C26H27FN6O2. The van der Waals surface area contributed by atoms with Crippen molar-refractivity contribution >= 4 is 17.4 Å². The number of hydrogen-bond acceptors (Lipinski definition) is 5. The Labute approximate surface area is 203 Å². The number of halogens is 1. The molecule has 0 aliphatic carbocycles. The number of nitrogens with zero attached hydrogens (tertiary/aromatic N) is 4. The molecule has 35 heavy (non-hydrogen) atoms. The van der Waals surface area contributed by atoms with Crippen LogP contribution in [0, 0.1) is 5.82 Å². The van der Waals surface area contributed by atoms with Crippen molar-refractivity contribution in [3.05, 3.63) is 78.8 Å². The number of urea groups is 1. The molecule has 0 saturated carbocycles. The van der Waals surface area contributed by atoms with Gasteiger partial charge in [-0.3, -0.25) is 14.6 Å². The number of carbonyl (C=O) groups excluding carboxylic acids is 1. The molecule has 0 spiro atoms. The molecule has 8 nitrogen and oxygen atoms in total. The van der Waals surface area contributed by atoms with E-state index in [-0.39, 0.29) is 11.6 Å². The van der Waals surface area contributed by atoms with Gasteiger partial charge in [0.1, 0.15) is 17.3 Å². The smallest absolute Gasteiger partial charge is 0.323 e. The van der Waals surface area contributed by atoms with Gasteiger partial charge < -0.3 is 15.4 Å². The van der Waals surface area contributed by atoms with E-state index in [2.05, 4.69) is 32.6 Å². The molecule has 2 N–H and O–H groups in total. The molecular weight excluding hydrogens is 447 g/mol. The summed E-state index contributed by atoms with van der Waals surface area (Å²) in [5, 5.41) is 9.51. The van der Waals surface area contributed by atoms with Gasteiger partial charge in [-0.1, -0.05) is 20.8 Å². The third-order valence-electron chi connectivity index (χ3n) is 5.22. The lowest BCUT2D eigenvalue weighted by Gasteiger charge is -2.12. The highest BCUT2D eigenvalue weighted by atomic mass is 19.1. The zero-order valence-corrected chi connectivity index (χ0v) is 19.8. The largest absolute Gasteiger partial charge is 0.457 e. The van der Waals surface area contributed by atoms with Crippen LogP contribution in [0.2, 0.25) is 0 Å². The number of ether oxygens (including phenoxy) is 1. The second-order valence-electron chi connectivity index (χ2n) is 8.35. The summed E-state index contributed by atoms with van der Waals surface area (Å²) in [5.74, 6) is 0.448. The maximum atomic E-state index is 14.7. The molecule has 0 bridgehead atoms. The normalized spacial score (nSPS) is 10.9. The first kappa shape index (κ1) is 23.9. The van der Waals surface area contributed by atoms with Crippen molar-refractivity contribution in [2.45, 2.75) is 39.7 Å². The van der Waals surface area contributed by atoms with Crippen LogP contribution in [0.3, 0.4) is 0 Å². The maximum Gasteiger partial charge on any atom is 0.323 e.